The third kappa shape index (κ3) is 3.23. The summed E-state index contributed by atoms with van der Waals surface area (Å²) in [5.74, 6) is -0.831. The zero-order valence-electron chi connectivity index (χ0n) is 11.8. The van der Waals surface area contributed by atoms with E-state index in [4.69, 9.17) is 0 Å². The van der Waals surface area contributed by atoms with Crippen molar-refractivity contribution in [3.63, 3.8) is 0 Å². The fourth-order valence-electron chi connectivity index (χ4n) is 2.36. The van der Waals surface area contributed by atoms with E-state index in [9.17, 15) is 8.78 Å². The first-order valence-electron chi connectivity index (χ1n) is 6.94. The molecule has 0 aliphatic heterocycles. The summed E-state index contributed by atoms with van der Waals surface area (Å²) in [4.78, 5) is 0. The maximum atomic E-state index is 13.7. The summed E-state index contributed by atoms with van der Waals surface area (Å²) >= 11 is 0. The Bertz CT molecular complexity index is 564. The number of hydrogen-bond acceptors (Lipinski definition) is 1. The molecule has 0 fully saturated rings. The van der Waals surface area contributed by atoms with E-state index in [1.54, 1.807) is 0 Å². The molecule has 2 rings (SSSR count). The lowest BCUT2D eigenvalue weighted by Crippen LogP contribution is -2.19. The molecule has 0 aliphatic rings. The fraction of sp³-hybridized carbons (Fsp3) is 0.294. The first kappa shape index (κ1) is 14.7. The molecule has 2 aromatic rings. The predicted octanol–water partition coefficient (Wildman–Crippen LogP) is 4.69. The largest absolute Gasteiger partial charge is 0.310 e. The highest BCUT2D eigenvalue weighted by molar-refractivity contribution is 5.64. The molecule has 106 valence electrons. The summed E-state index contributed by atoms with van der Waals surface area (Å²) in [6.45, 7) is 5.09. The summed E-state index contributed by atoms with van der Waals surface area (Å²) in [5, 5.41) is 3.39. The van der Waals surface area contributed by atoms with Gasteiger partial charge in [0.25, 0.3) is 0 Å². The molecular weight excluding hydrogens is 256 g/mol. The highest BCUT2D eigenvalue weighted by atomic mass is 19.1. The van der Waals surface area contributed by atoms with E-state index in [1.165, 1.54) is 6.07 Å². The smallest absolute Gasteiger partial charge is 0.131 e. The second-order valence-electron chi connectivity index (χ2n) is 4.76. The van der Waals surface area contributed by atoms with Crippen LogP contribution in [0, 0.1) is 11.6 Å². The van der Waals surface area contributed by atoms with Gasteiger partial charge in [0, 0.05) is 11.6 Å². The van der Waals surface area contributed by atoms with Crippen molar-refractivity contribution in [2.75, 3.05) is 6.54 Å². The van der Waals surface area contributed by atoms with Gasteiger partial charge in [-0.1, -0.05) is 38.1 Å². The monoisotopic (exact) mass is 275 g/mol. The first-order valence-corrected chi connectivity index (χ1v) is 6.94. The third-order valence-electron chi connectivity index (χ3n) is 3.41. The van der Waals surface area contributed by atoms with E-state index in [0.29, 0.717) is 17.2 Å². The summed E-state index contributed by atoms with van der Waals surface area (Å²) in [7, 11) is 0. The van der Waals surface area contributed by atoms with Crippen LogP contribution in [-0.4, -0.2) is 6.54 Å². The number of nitrogens with one attached hydrogen (secondary N) is 1. The minimum Gasteiger partial charge on any atom is -0.310 e. The number of halogens is 2. The molecule has 0 amide bonds. The van der Waals surface area contributed by atoms with E-state index in [1.807, 2.05) is 24.3 Å². The second kappa shape index (κ2) is 6.62. The van der Waals surface area contributed by atoms with Gasteiger partial charge in [0.2, 0.25) is 0 Å². The van der Waals surface area contributed by atoms with Crippen LogP contribution >= 0.6 is 0 Å². The molecule has 1 atom stereocenters. The molecule has 2 aromatic carbocycles. The van der Waals surface area contributed by atoms with Crippen molar-refractivity contribution in [2.45, 2.75) is 26.3 Å². The van der Waals surface area contributed by atoms with Gasteiger partial charge in [-0.25, -0.2) is 8.78 Å². The van der Waals surface area contributed by atoms with E-state index in [2.05, 4.69) is 19.2 Å². The normalized spacial score (nSPS) is 12.4. The Morgan fingerprint density at radius 1 is 1.00 bits per heavy atom. The summed E-state index contributed by atoms with van der Waals surface area (Å²) in [5.41, 5.74) is 2.15. The molecule has 0 radical (unpaired) electrons. The van der Waals surface area contributed by atoms with Gasteiger partial charge < -0.3 is 5.32 Å². The van der Waals surface area contributed by atoms with Crippen LogP contribution in [0.4, 0.5) is 8.78 Å². The van der Waals surface area contributed by atoms with Gasteiger partial charge in [-0.15, -0.1) is 0 Å². The molecule has 0 spiro atoms. The molecule has 0 saturated heterocycles. The van der Waals surface area contributed by atoms with E-state index in [-0.39, 0.29) is 0 Å². The van der Waals surface area contributed by atoms with Crippen molar-refractivity contribution >= 4 is 0 Å². The maximum Gasteiger partial charge on any atom is 0.131 e. The van der Waals surface area contributed by atoms with E-state index in [0.717, 1.165) is 30.7 Å². The quantitative estimate of drug-likeness (QED) is 0.834. The lowest BCUT2D eigenvalue weighted by Gasteiger charge is -2.16. The Kier molecular flexibility index (Phi) is 4.85. The molecule has 0 aromatic heterocycles. The Morgan fingerprint density at radius 3 is 2.30 bits per heavy atom. The number of hydrogen-bond donors (Lipinski definition) is 1. The third-order valence-corrected chi connectivity index (χ3v) is 3.41. The summed E-state index contributed by atoms with van der Waals surface area (Å²) in [6, 6.07) is 11.4. The lowest BCUT2D eigenvalue weighted by molar-refractivity contribution is 0.537. The molecule has 3 heteroatoms. The van der Waals surface area contributed by atoms with Crippen molar-refractivity contribution in [3.8, 4) is 11.1 Å². The van der Waals surface area contributed by atoms with Crippen LogP contribution in [0.25, 0.3) is 11.1 Å². The zero-order chi connectivity index (χ0) is 14.5. The minimum absolute atomic E-state index is 0.298. The molecule has 1 unspecified atom stereocenters. The number of rotatable bonds is 5. The summed E-state index contributed by atoms with van der Waals surface area (Å²) in [6.07, 6.45) is 0.988. The van der Waals surface area contributed by atoms with Crippen molar-refractivity contribution in [2.24, 2.45) is 0 Å². The van der Waals surface area contributed by atoms with Crippen LogP contribution in [0.15, 0.2) is 42.5 Å². The molecule has 1 N–H and O–H groups in total. The van der Waals surface area contributed by atoms with Crippen LogP contribution in [0.1, 0.15) is 31.9 Å². The molecule has 0 bridgehead atoms. The molecule has 0 saturated carbocycles. The van der Waals surface area contributed by atoms with Gasteiger partial charge in [-0.2, -0.15) is 0 Å². The predicted molar refractivity (Wildman–Crippen MR) is 78.5 cm³/mol. The maximum absolute atomic E-state index is 13.7. The number of benzene rings is 2. The van der Waals surface area contributed by atoms with Gasteiger partial charge in [0.15, 0.2) is 0 Å². The van der Waals surface area contributed by atoms with Crippen molar-refractivity contribution < 1.29 is 8.78 Å². The average Bonchev–Trinajstić information content (AvgIpc) is 2.47. The van der Waals surface area contributed by atoms with Gasteiger partial charge in [0.1, 0.15) is 11.6 Å². The first-order chi connectivity index (χ1) is 9.65. The van der Waals surface area contributed by atoms with Crippen LogP contribution in [-0.2, 0) is 0 Å². The van der Waals surface area contributed by atoms with Gasteiger partial charge >= 0.3 is 0 Å². The van der Waals surface area contributed by atoms with Crippen LogP contribution in [0.5, 0.6) is 0 Å². The molecule has 1 nitrogen and oxygen atoms in total. The Morgan fingerprint density at radius 2 is 1.70 bits per heavy atom. The Labute approximate surface area is 118 Å². The summed E-state index contributed by atoms with van der Waals surface area (Å²) < 4.78 is 26.9. The molecule has 0 heterocycles. The van der Waals surface area contributed by atoms with Crippen LogP contribution in [0.2, 0.25) is 0 Å². The van der Waals surface area contributed by atoms with Gasteiger partial charge in [-0.3, -0.25) is 0 Å². The topological polar surface area (TPSA) is 12.0 Å². The van der Waals surface area contributed by atoms with Crippen LogP contribution < -0.4 is 5.32 Å². The average molecular weight is 275 g/mol. The molecule has 0 aliphatic carbocycles. The standard InChI is InChI=1S/C17H19F2N/c1-3-17(20-4-2)13-7-5-12(6-8-13)15-11-14(18)9-10-16(15)19/h5-11,17,20H,3-4H2,1-2H3. The van der Waals surface area contributed by atoms with E-state index >= 15 is 0 Å². The van der Waals surface area contributed by atoms with Crippen molar-refractivity contribution in [1.29, 1.82) is 0 Å². The van der Waals surface area contributed by atoms with Crippen molar-refractivity contribution in [3.05, 3.63) is 59.7 Å². The highest BCUT2D eigenvalue weighted by Gasteiger charge is 2.10. The highest BCUT2D eigenvalue weighted by Crippen LogP contribution is 2.26. The Balaban J connectivity index is 2.30. The van der Waals surface area contributed by atoms with E-state index < -0.39 is 11.6 Å². The van der Waals surface area contributed by atoms with Gasteiger partial charge in [0.05, 0.1) is 0 Å². The lowest BCUT2D eigenvalue weighted by atomic mass is 9.99. The molecule has 20 heavy (non-hydrogen) atoms. The Hall–Kier alpha value is -1.74. The second-order valence-corrected chi connectivity index (χ2v) is 4.76. The van der Waals surface area contributed by atoms with Gasteiger partial charge in [-0.05, 0) is 42.3 Å². The minimum atomic E-state index is -0.426. The van der Waals surface area contributed by atoms with Crippen LogP contribution in [0.3, 0.4) is 0 Å². The zero-order valence-corrected chi connectivity index (χ0v) is 11.8. The molecular formula is C17H19F2N. The fourth-order valence-corrected chi connectivity index (χ4v) is 2.36. The SMILES string of the molecule is CCNC(CC)c1ccc(-c2cc(F)ccc2F)cc1. The van der Waals surface area contributed by atoms with Crippen molar-refractivity contribution in [1.82, 2.24) is 5.32 Å².